The molecule has 2 N–H and O–H groups in total. The van der Waals surface area contributed by atoms with Gasteiger partial charge >= 0.3 is 12.0 Å². The van der Waals surface area contributed by atoms with Gasteiger partial charge in [0.1, 0.15) is 5.75 Å². The minimum atomic E-state index is -0.738. The van der Waals surface area contributed by atoms with E-state index in [-0.39, 0.29) is 6.10 Å². The summed E-state index contributed by atoms with van der Waals surface area (Å²) >= 11 is 0. The Bertz CT molecular complexity index is 1250. The van der Waals surface area contributed by atoms with Crippen molar-refractivity contribution in [1.29, 1.82) is 0 Å². The first-order valence-electron chi connectivity index (χ1n) is 12.2. The second-order valence-electron chi connectivity index (χ2n) is 8.96. The van der Waals surface area contributed by atoms with Gasteiger partial charge in [-0.05, 0) is 63.6 Å². The molecule has 2 amide bonds. The smallest absolute Gasteiger partial charge is 0.338 e. The van der Waals surface area contributed by atoms with Crippen LogP contribution in [-0.4, -0.2) is 34.5 Å². The first-order chi connectivity index (χ1) is 17.4. The van der Waals surface area contributed by atoms with E-state index < -0.39 is 18.0 Å². The maximum Gasteiger partial charge on any atom is 0.338 e. The van der Waals surface area contributed by atoms with Gasteiger partial charge in [0, 0.05) is 23.0 Å². The van der Waals surface area contributed by atoms with Gasteiger partial charge in [-0.3, -0.25) is 0 Å². The molecule has 36 heavy (non-hydrogen) atoms. The van der Waals surface area contributed by atoms with Crippen molar-refractivity contribution >= 4 is 12.0 Å². The molecule has 1 aliphatic heterocycles. The van der Waals surface area contributed by atoms with Gasteiger partial charge < -0.3 is 20.1 Å². The van der Waals surface area contributed by atoms with Gasteiger partial charge in [0.2, 0.25) is 0 Å². The summed E-state index contributed by atoms with van der Waals surface area (Å²) in [7, 11) is 0. The number of amides is 2. The lowest BCUT2D eigenvalue weighted by molar-refractivity contribution is -0.143. The Morgan fingerprint density at radius 2 is 1.83 bits per heavy atom. The van der Waals surface area contributed by atoms with Crippen LogP contribution in [0.3, 0.4) is 0 Å². The molecule has 0 spiro atoms. The number of urea groups is 1. The van der Waals surface area contributed by atoms with E-state index in [1.807, 2.05) is 60.8 Å². The topological polar surface area (TPSA) is 94.5 Å². The number of unbranched alkanes of at least 4 members (excludes halogenated alkanes) is 1. The second-order valence-corrected chi connectivity index (χ2v) is 8.96. The lowest BCUT2D eigenvalue weighted by atomic mass is 9.93. The lowest BCUT2D eigenvalue weighted by Crippen LogP contribution is -2.45. The number of hydrogen-bond acceptors (Lipinski definition) is 5. The predicted octanol–water partition coefficient (Wildman–Crippen LogP) is 5.30. The van der Waals surface area contributed by atoms with Crippen molar-refractivity contribution in [1.82, 2.24) is 20.4 Å². The van der Waals surface area contributed by atoms with Gasteiger partial charge in [-0.2, -0.15) is 5.10 Å². The SMILES string of the molecule is CCCCOc1ccc(-c2nn(-c3ccccc3)cc2[C@H]2NC(=O)NC(C)=C2C(=O)OC(C)C)cc1. The van der Waals surface area contributed by atoms with Crippen LogP contribution in [0.25, 0.3) is 16.9 Å². The number of aromatic nitrogens is 2. The molecule has 3 aromatic rings. The first kappa shape index (κ1) is 25.0. The Morgan fingerprint density at radius 1 is 1.11 bits per heavy atom. The Morgan fingerprint density at radius 3 is 2.50 bits per heavy atom. The Balaban J connectivity index is 1.79. The molecule has 4 rings (SSSR count). The molecule has 1 aromatic heterocycles. The molecule has 2 aromatic carbocycles. The molecule has 0 saturated heterocycles. The van der Waals surface area contributed by atoms with E-state index in [2.05, 4.69) is 17.6 Å². The van der Waals surface area contributed by atoms with Crippen LogP contribution in [0.1, 0.15) is 52.1 Å². The molecule has 1 atom stereocenters. The van der Waals surface area contributed by atoms with Crippen molar-refractivity contribution in [3.63, 3.8) is 0 Å². The van der Waals surface area contributed by atoms with Gasteiger partial charge in [-0.1, -0.05) is 31.5 Å². The zero-order chi connectivity index (χ0) is 25.7. The molecule has 0 bridgehead atoms. The molecule has 0 radical (unpaired) electrons. The molecule has 0 saturated carbocycles. The highest BCUT2D eigenvalue weighted by atomic mass is 16.5. The highest BCUT2D eigenvalue weighted by Gasteiger charge is 2.35. The predicted molar refractivity (Wildman–Crippen MR) is 138 cm³/mol. The highest BCUT2D eigenvalue weighted by molar-refractivity contribution is 5.95. The Hall–Kier alpha value is -4.07. The minimum Gasteiger partial charge on any atom is -0.494 e. The molecular formula is C28H32N4O4. The van der Waals surface area contributed by atoms with E-state index in [1.165, 1.54) is 0 Å². The van der Waals surface area contributed by atoms with E-state index in [1.54, 1.807) is 25.5 Å². The van der Waals surface area contributed by atoms with Crippen LogP contribution in [-0.2, 0) is 9.53 Å². The molecular weight excluding hydrogens is 456 g/mol. The quantitative estimate of drug-likeness (QED) is 0.315. The molecule has 0 fully saturated rings. The number of benzene rings is 2. The van der Waals surface area contributed by atoms with Gasteiger partial charge in [0.05, 0.1) is 35.7 Å². The van der Waals surface area contributed by atoms with Crippen molar-refractivity contribution < 1.29 is 19.1 Å². The minimum absolute atomic E-state index is 0.303. The number of allylic oxidation sites excluding steroid dienone is 1. The van der Waals surface area contributed by atoms with E-state index >= 15 is 0 Å². The summed E-state index contributed by atoms with van der Waals surface area (Å²) < 4.78 is 13.1. The number of nitrogens with one attached hydrogen (secondary N) is 2. The summed E-state index contributed by atoms with van der Waals surface area (Å²) in [4.78, 5) is 25.6. The van der Waals surface area contributed by atoms with Gasteiger partial charge in [0.25, 0.3) is 0 Å². The van der Waals surface area contributed by atoms with Crippen molar-refractivity contribution in [2.24, 2.45) is 0 Å². The standard InChI is InChI=1S/C28H32N4O4/c1-5-6-16-35-22-14-12-20(13-15-22)25-23(17-32(31-25)21-10-8-7-9-11-21)26-24(27(33)36-18(2)3)19(4)29-28(34)30-26/h7-15,17-18,26H,5-6,16H2,1-4H3,(H2,29,30,34)/t26-/m1/s1. The average Bonchev–Trinajstić information content (AvgIpc) is 3.30. The number of hydrogen-bond donors (Lipinski definition) is 2. The number of carbonyl (C=O) groups is 2. The van der Waals surface area contributed by atoms with E-state index in [4.69, 9.17) is 14.6 Å². The summed E-state index contributed by atoms with van der Waals surface area (Å²) in [6.07, 6.45) is 3.60. The number of ether oxygens (including phenoxy) is 2. The Labute approximate surface area is 211 Å². The Kier molecular flexibility index (Phi) is 7.73. The van der Waals surface area contributed by atoms with Gasteiger partial charge in [0.15, 0.2) is 0 Å². The largest absolute Gasteiger partial charge is 0.494 e. The fraction of sp³-hybridized carbons (Fsp3) is 0.321. The average molecular weight is 489 g/mol. The number of para-hydroxylation sites is 1. The fourth-order valence-corrected chi connectivity index (χ4v) is 4.05. The van der Waals surface area contributed by atoms with Gasteiger partial charge in [-0.25, -0.2) is 14.3 Å². The molecule has 188 valence electrons. The van der Waals surface area contributed by atoms with Crippen molar-refractivity contribution in [2.75, 3.05) is 6.61 Å². The maximum absolute atomic E-state index is 13.1. The van der Waals surface area contributed by atoms with Crippen LogP contribution in [0, 0.1) is 0 Å². The summed E-state index contributed by atoms with van der Waals surface area (Å²) in [5.74, 6) is 0.293. The van der Waals surface area contributed by atoms with Crippen molar-refractivity contribution in [3.05, 3.63) is 77.6 Å². The highest BCUT2D eigenvalue weighted by Crippen LogP contribution is 2.35. The van der Waals surface area contributed by atoms with Crippen molar-refractivity contribution in [3.8, 4) is 22.7 Å². The summed E-state index contributed by atoms with van der Waals surface area (Å²) in [5, 5.41) is 10.5. The zero-order valence-corrected chi connectivity index (χ0v) is 21.1. The van der Waals surface area contributed by atoms with Crippen LogP contribution >= 0.6 is 0 Å². The number of rotatable bonds is 9. The molecule has 1 aliphatic rings. The van der Waals surface area contributed by atoms with Crippen LogP contribution < -0.4 is 15.4 Å². The molecule has 8 heteroatoms. The van der Waals surface area contributed by atoms with Crippen LogP contribution in [0.15, 0.2) is 72.1 Å². The number of esters is 1. The third-order valence-corrected chi connectivity index (χ3v) is 5.80. The van der Waals surface area contributed by atoms with Crippen LogP contribution in [0.5, 0.6) is 5.75 Å². The maximum atomic E-state index is 13.1. The first-order valence-corrected chi connectivity index (χ1v) is 12.2. The fourth-order valence-electron chi connectivity index (χ4n) is 4.05. The third-order valence-electron chi connectivity index (χ3n) is 5.80. The van der Waals surface area contributed by atoms with Crippen LogP contribution in [0.2, 0.25) is 0 Å². The normalized spacial score (nSPS) is 15.5. The van der Waals surface area contributed by atoms with Crippen LogP contribution in [0.4, 0.5) is 4.79 Å². The monoisotopic (exact) mass is 488 g/mol. The van der Waals surface area contributed by atoms with Crippen molar-refractivity contribution in [2.45, 2.75) is 52.7 Å². The van der Waals surface area contributed by atoms with Gasteiger partial charge in [-0.15, -0.1) is 0 Å². The third kappa shape index (κ3) is 5.59. The van der Waals surface area contributed by atoms with E-state index in [0.29, 0.717) is 29.1 Å². The number of carbonyl (C=O) groups excluding carboxylic acids is 2. The second kappa shape index (κ2) is 11.1. The van der Waals surface area contributed by atoms with E-state index in [0.717, 1.165) is 29.8 Å². The molecule has 0 aliphatic carbocycles. The summed E-state index contributed by atoms with van der Waals surface area (Å²) in [5.41, 5.74) is 3.82. The molecule has 0 unspecified atom stereocenters. The summed E-state index contributed by atoms with van der Waals surface area (Å²) in [6.45, 7) is 8.07. The molecule has 8 nitrogen and oxygen atoms in total. The molecule has 2 heterocycles. The van der Waals surface area contributed by atoms with E-state index in [9.17, 15) is 9.59 Å². The zero-order valence-electron chi connectivity index (χ0n) is 21.1. The number of nitrogens with zero attached hydrogens (tertiary/aromatic N) is 2. The lowest BCUT2D eigenvalue weighted by Gasteiger charge is -2.28. The summed E-state index contributed by atoms with van der Waals surface area (Å²) in [6, 6.07) is 16.3.